The van der Waals surface area contributed by atoms with Crippen LogP contribution in [-0.4, -0.2) is 53.5 Å². The standard InChI is InChI=1S/C15H21FN4O2/c16-11-7-13(20(9-11)10-14(17)21)8-19-15(22)5-4-12-3-1-2-6-18-12/h1-3,6,11,13H,4-5,7-10H2,(H2,17,21)(H,19,22)/t11-,13-/m0/s1. The van der Waals surface area contributed by atoms with E-state index in [1.165, 1.54) is 0 Å². The molecule has 6 nitrogen and oxygen atoms in total. The SMILES string of the molecule is NC(=O)CN1C[C@@H](F)C[C@H]1CNC(=O)CCc1ccccn1. The van der Waals surface area contributed by atoms with Crippen LogP contribution >= 0.6 is 0 Å². The molecule has 2 heterocycles. The van der Waals surface area contributed by atoms with Crippen LogP contribution in [0.25, 0.3) is 0 Å². The van der Waals surface area contributed by atoms with Crippen LogP contribution in [0.1, 0.15) is 18.5 Å². The van der Waals surface area contributed by atoms with Gasteiger partial charge >= 0.3 is 0 Å². The summed E-state index contributed by atoms with van der Waals surface area (Å²) in [7, 11) is 0. The van der Waals surface area contributed by atoms with E-state index in [2.05, 4.69) is 10.3 Å². The van der Waals surface area contributed by atoms with Gasteiger partial charge in [0, 0.05) is 37.4 Å². The molecule has 1 saturated heterocycles. The Morgan fingerprint density at radius 1 is 1.45 bits per heavy atom. The fourth-order valence-corrected chi connectivity index (χ4v) is 2.64. The van der Waals surface area contributed by atoms with Crippen LogP contribution in [0.3, 0.4) is 0 Å². The number of primary amides is 1. The highest BCUT2D eigenvalue weighted by molar-refractivity contribution is 5.76. The Hall–Kier alpha value is -2.02. The fourth-order valence-electron chi connectivity index (χ4n) is 2.64. The first-order chi connectivity index (χ1) is 10.5. The maximum Gasteiger partial charge on any atom is 0.231 e. The van der Waals surface area contributed by atoms with Gasteiger partial charge in [0.25, 0.3) is 0 Å². The Morgan fingerprint density at radius 3 is 2.95 bits per heavy atom. The number of nitrogens with two attached hydrogens (primary N) is 1. The molecular formula is C15H21FN4O2. The normalized spacial score (nSPS) is 21.7. The fraction of sp³-hybridized carbons (Fsp3) is 0.533. The number of nitrogens with one attached hydrogen (secondary N) is 1. The summed E-state index contributed by atoms with van der Waals surface area (Å²) in [5, 5.41) is 2.79. The molecule has 0 spiro atoms. The molecule has 0 bridgehead atoms. The predicted molar refractivity (Wildman–Crippen MR) is 79.6 cm³/mol. The number of rotatable bonds is 7. The number of aryl methyl sites for hydroxylation is 1. The number of alkyl halides is 1. The molecule has 1 fully saturated rings. The number of nitrogens with zero attached hydrogens (tertiary/aromatic N) is 2. The van der Waals surface area contributed by atoms with Gasteiger partial charge in [-0.05, 0) is 25.0 Å². The van der Waals surface area contributed by atoms with Gasteiger partial charge in [0.05, 0.1) is 6.54 Å². The Balaban J connectivity index is 1.74. The quantitative estimate of drug-likeness (QED) is 0.744. The van der Waals surface area contributed by atoms with Gasteiger partial charge in [-0.1, -0.05) is 6.07 Å². The third-order valence-corrected chi connectivity index (χ3v) is 3.70. The van der Waals surface area contributed by atoms with Crippen molar-refractivity contribution >= 4 is 11.8 Å². The number of amides is 2. The molecule has 0 saturated carbocycles. The van der Waals surface area contributed by atoms with E-state index in [1.807, 2.05) is 18.2 Å². The van der Waals surface area contributed by atoms with Crippen LogP contribution in [0.5, 0.6) is 0 Å². The summed E-state index contributed by atoms with van der Waals surface area (Å²) in [6, 6.07) is 5.39. The van der Waals surface area contributed by atoms with Crippen LogP contribution in [0.15, 0.2) is 24.4 Å². The molecule has 7 heteroatoms. The van der Waals surface area contributed by atoms with Crippen molar-refractivity contribution in [2.75, 3.05) is 19.6 Å². The van der Waals surface area contributed by atoms with Crippen LogP contribution < -0.4 is 11.1 Å². The molecule has 120 valence electrons. The minimum Gasteiger partial charge on any atom is -0.369 e. The summed E-state index contributed by atoms with van der Waals surface area (Å²) in [5.74, 6) is -0.590. The number of halogens is 1. The first-order valence-corrected chi connectivity index (χ1v) is 7.37. The Labute approximate surface area is 128 Å². The molecular weight excluding hydrogens is 287 g/mol. The topological polar surface area (TPSA) is 88.3 Å². The number of aromatic nitrogens is 1. The maximum absolute atomic E-state index is 13.5. The highest BCUT2D eigenvalue weighted by atomic mass is 19.1. The van der Waals surface area contributed by atoms with Crippen molar-refractivity contribution in [2.45, 2.75) is 31.5 Å². The second-order valence-electron chi connectivity index (χ2n) is 5.51. The zero-order valence-electron chi connectivity index (χ0n) is 12.4. The Bertz CT molecular complexity index is 512. The molecule has 0 unspecified atom stereocenters. The van der Waals surface area contributed by atoms with Crippen LogP contribution in [0.2, 0.25) is 0 Å². The van der Waals surface area contributed by atoms with Crippen molar-refractivity contribution in [3.8, 4) is 0 Å². The first-order valence-electron chi connectivity index (χ1n) is 7.37. The van der Waals surface area contributed by atoms with E-state index < -0.39 is 12.1 Å². The number of likely N-dealkylation sites (tertiary alicyclic amines) is 1. The average Bonchev–Trinajstić information content (AvgIpc) is 2.83. The van der Waals surface area contributed by atoms with Gasteiger partial charge in [0.2, 0.25) is 11.8 Å². The van der Waals surface area contributed by atoms with E-state index in [1.54, 1.807) is 11.1 Å². The van der Waals surface area contributed by atoms with Crippen molar-refractivity contribution in [3.63, 3.8) is 0 Å². The third kappa shape index (κ3) is 5.07. The lowest BCUT2D eigenvalue weighted by atomic mass is 10.2. The van der Waals surface area contributed by atoms with Crippen LogP contribution in [0.4, 0.5) is 4.39 Å². The van der Waals surface area contributed by atoms with Crippen LogP contribution in [-0.2, 0) is 16.0 Å². The number of pyridine rings is 1. The number of hydrogen-bond donors (Lipinski definition) is 2. The molecule has 0 aromatic carbocycles. The van der Waals surface area contributed by atoms with E-state index in [9.17, 15) is 14.0 Å². The molecule has 22 heavy (non-hydrogen) atoms. The Kier molecular flexibility index (Phi) is 5.83. The summed E-state index contributed by atoms with van der Waals surface area (Å²) >= 11 is 0. The minimum atomic E-state index is -0.977. The van der Waals surface area contributed by atoms with E-state index in [4.69, 9.17) is 5.73 Å². The van der Waals surface area contributed by atoms with Gasteiger partial charge < -0.3 is 11.1 Å². The number of hydrogen-bond acceptors (Lipinski definition) is 4. The second-order valence-corrected chi connectivity index (χ2v) is 5.51. The zero-order valence-corrected chi connectivity index (χ0v) is 12.4. The van der Waals surface area contributed by atoms with E-state index >= 15 is 0 Å². The smallest absolute Gasteiger partial charge is 0.231 e. The molecule has 1 aromatic heterocycles. The molecule has 0 radical (unpaired) electrons. The molecule has 2 amide bonds. The van der Waals surface area contributed by atoms with Gasteiger partial charge in [-0.25, -0.2) is 4.39 Å². The summed E-state index contributed by atoms with van der Waals surface area (Å²) in [5.41, 5.74) is 6.01. The van der Waals surface area contributed by atoms with Gasteiger partial charge in [0.1, 0.15) is 6.17 Å². The summed E-state index contributed by atoms with van der Waals surface area (Å²) in [4.78, 5) is 28.6. The average molecular weight is 308 g/mol. The summed E-state index contributed by atoms with van der Waals surface area (Å²) < 4.78 is 13.5. The van der Waals surface area contributed by atoms with Crippen molar-refractivity contribution in [2.24, 2.45) is 5.73 Å². The monoisotopic (exact) mass is 308 g/mol. The van der Waals surface area contributed by atoms with Crippen molar-refractivity contribution in [1.82, 2.24) is 15.2 Å². The number of carbonyl (C=O) groups excluding carboxylic acids is 2. The number of carbonyl (C=O) groups is 2. The zero-order chi connectivity index (χ0) is 15.9. The largest absolute Gasteiger partial charge is 0.369 e. The van der Waals surface area contributed by atoms with E-state index in [0.29, 0.717) is 25.8 Å². The summed E-state index contributed by atoms with van der Waals surface area (Å²) in [6.07, 6.45) is 1.92. The maximum atomic E-state index is 13.5. The Morgan fingerprint density at radius 2 is 2.27 bits per heavy atom. The molecule has 1 aliphatic rings. The van der Waals surface area contributed by atoms with Gasteiger partial charge in [0.15, 0.2) is 0 Å². The molecule has 2 atom stereocenters. The highest BCUT2D eigenvalue weighted by Gasteiger charge is 2.32. The van der Waals surface area contributed by atoms with E-state index in [0.717, 1.165) is 5.69 Å². The lowest BCUT2D eigenvalue weighted by molar-refractivity contribution is -0.121. The van der Waals surface area contributed by atoms with Gasteiger partial charge in [-0.3, -0.25) is 19.5 Å². The highest BCUT2D eigenvalue weighted by Crippen LogP contribution is 2.19. The second kappa shape index (κ2) is 7.84. The van der Waals surface area contributed by atoms with E-state index in [-0.39, 0.29) is 25.0 Å². The molecule has 1 aromatic rings. The molecule has 3 N–H and O–H groups in total. The lowest BCUT2D eigenvalue weighted by Gasteiger charge is -2.22. The lowest BCUT2D eigenvalue weighted by Crippen LogP contribution is -2.43. The van der Waals surface area contributed by atoms with Crippen molar-refractivity contribution < 1.29 is 14.0 Å². The molecule has 1 aliphatic heterocycles. The summed E-state index contributed by atoms with van der Waals surface area (Å²) in [6.45, 7) is 0.543. The van der Waals surface area contributed by atoms with Gasteiger partial charge in [-0.15, -0.1) is 0 Å². The molecule has 0 aliphatic carbocycles. The van der Waals surface area contributed by atoms with Crippen molar-refractivity contribution in [1.29, 1.82) is 0 Å². The molecule has 2 rings (SSSR count). The third-order valence-electron chi connectivity index (χ3n) is 3.70. The first kappa shape index (κ1) is 16.4. The van der Waals surface area contributed by atoms with Crippen molar-refractivity contribution in [3.05, 3.63) is 30.1 Å². The van der Waals surface area contributed by atoms with Crippen LogP contribution in [0, 0.1) is 0 Å². The van der Waals surface area contributed by atoms with Gasteiger partial charge in [-0.2, -0.15) is 0 Å². The predicted octanol–water partition coefficient (Wildman–Crippen LogP) is 0.0281. The minimum absolute atomic E-state index is 0.0227.